The number of nitrogens with zero attached hydrogens (tertiary/aromatic N) is 3. The van der Waals surface area contributed by atoms with Gasteiger partial charge in [0.15, 0.2) is 5.84 Å². The van der Waals surface area contributed by atoms with E-state index in [4.69, 9.17) is 15.2 Å². The first-order valence-electron chi connectivity index (χ1n) is 11.2. The molecule has 0 aliphatic carbocycles. The monoisotopic (exact) mass is 485 g/mol. The van der Waals surface area contributed by atoms with E-state index in [0.29, 0.717) is 40.8 Å². The average molecular weight is 486 g/mol. The highest BCUT2D eigenvalue weighted by molar-refractivity contribution is 6.20. The van der Waals surface area contributed by atoms with Crippen molar-refractivity contribution in [3.8, 4) is 17.2 Å². The SMILES string of the molecule is C=CN=C(/C(=C(\C)N)N(C)c1ccc(Oc2ccccc2)cc1)N(C=O)c1cc(NC)cc(OC)c1. The summed E-state index contributed by atoms with van der Waals surface area (Å²) in [6.07, 6.45) is 2.06. The van der Waals surface area contributed by atoms with Crippen molar-refractivity contribution < 1.29 is 14.3 Å². The number of allylic oxidation sites excluding steroid dienone is 1. The zero-order chi connectivity index (χ0) is 26.1. The maximum Gasteiger partial charge on any atom is 0.219 e. The number of ether oxygens (including phenoxy) is 2. The van der Waals surface area contributed by atoms with Gasteiger partial charge in [0.25, 0.3) is 0 Å². The summed E-state index contributed by atoms with van der Waals surface area (Å²) in [5.41, 5.74) is 9.48. The number of nitrogens with two attached hydrogens (primary N) is 1. The fourth-order valence-electron chi connectivity index (χ4n) is 3.62. The van der Waals surface area contributed by atoms with Crippen molar-refractivity contribution in [2.45, 2.75) is 6.92 Å². The Bertz CT molecular complexity index is 1230. The number of methoxy groups -OCH3 is 1. The van der Waals surface area contributed by atoms with Crippen molar-refractivity contribution in [2.24, 2.45) is 10.7 Å². The molecule has 0 saturated heterocycles. The number of para-hydroxylation sites is 1. The Morgan fingerprint density at radius 1 is 1.00 bits per heavy atom. The molecular formula is C28H31N5O3. The Morgan fingerprint density at radius 3 is 2.22 bits per heavy atom. The lowest BCUT2D eigenvalue weighted by Crippen LogP contribution is -2.38. The molecule has 186 valence electrons. The molecule has 8 nitrogen and oxygen atoms in total. The Labute approximate surface area is 212 Å². The molecule has 1 amide bonds. The zero-order valence-electron chi connectivity index (χ0n) is 20.9. The number of nitrogens with one attached hydrogen (secondary N) is 1. The summed E-state index contributed by atoms with van der Waals surface area (Å²) in [7, 11) is 5.21. The van der Waals surface area contributed by atoms with E-state index in [-0.39, 0.29) is 0 Å². The van der Waals surface area contributed by atoms with Crippen LogP contribution >= 0.6 is 0 Å². The number of carbonyl (C=O) groups is 1. The van der Waals surface area contributed by atoms with Gasteiger partial charge in [0.05, 0.1) is 12.8 Å². The summed E-state index contributed by atoms with van der Waals surface area (Å²) in [4.78, 5) is 20.1. The lowest BCUT2D eigenvalue weighted by atomic mass is 10.2. The summed E-state index contributed by atoms with van der Waals surface area (Å²) in [6.45, 7) is 5.49. The molecule has 3 N–H and O–H groups in total. The summed E-state index contributed by atoms with van der Waals surface area (Å²) >= 11 is 0. The van der Waals surface area contributed by atoms with Gasteiger partial charge in [-0.15, -0.1) is 0 Å². The number of likely N-dealkylation sites (N-methyl/N-ethyl adjacent to an activating group) is 1. The van der Waals surface area contributed by atoms with Crippen molar-refractivity contribution in [2.75, 3.05) is 36.3 Å². The molecular weight excluding hydrogens is 454 g/mol. The summed E-state index contributed by atoms with van der Waals surface area (Å²) in [5.74, 6) is 2.33. The summed E-state index contributed by atoms with van der Waals surface area (Å²) in [6, 6.07) is 22.5. The van der Waals surface area contributed by atoms with Gasteiger partial charge < -0.3 is 25.4 Å². The van der Waals surface area contributed by atoms with Gasteiger partial charge in [0, 0.05) is 49.5 Å². The van der Waals surface area contributed by atoms with Crippen molar-refractivity contribution in [1.82, 2.24) is 0 Å². The first-order chi connectivity index (χ1) is 17.4. The molecule has 3 aromatic rings. The van der Waals surface area contributed by atoms with Crippen LogP contribution in [-0.2, 0) is 4.79 Å². The lowest BCUT2D eigenvalue weighted by Gasteiger charge is -2.29. The molecule has 0 spiro atoms. The van der Waals surface area contributed by atoms with Gasteiger partial charge in [-0.2, -0.15) is 0 Å². The van der Waals surface area contributed by atoms with E-state index >= 15 is 0 Å². The Hall–Kier alpha value is -4.72. The van der Waals surface area contributed by atoms with Crippen LogP contribution in [0.25, 0.3) is 0 Å². The van der Waals surface area contributed by atoms with E-state index in [2.05, 4.69) is 16.9 Å². The number of amidine groups is 1. The van der Waals surface area contributed by atoms with E-state index in [1.807, 2.05) is 78.7 Å². The molecule has 8 heteroatoms. The van der Waals surface area contributed by atoms with Crippen LogP contribution in [0.1, 0.15) is 6.92 Å². The van der Waals surface area contributed by atoms with Gasteiger partial charge in [0.2, 0.25) is 6.41 Å². The quantitative estimate of drug-likeness (QED) is 0.228. The molecule has 0 aliphatic rings. The highest BCUT2D eigenvalue weighted by atomic mass is 16.5. The third-order valence-corrected chi connectivity index (χ3v) is 5.36. The Kier molecular flexibility index (Phi) is 8.72. The molecule has 0 radical (unpaired) electrons. The Morgan fingerprint density at radius 2 is 1.67 bits per heavy atom. The first kappa shape index (κ1) is 25.9. The number of amides is 1. The van der Waals surface area contributed by atoms with Crippen LogP contribution in [0.4, 0.5) is 17.1 Å². The number of hydrogen-bond donors (Lipinski definition) is 2. The van der Waals surface area contributed by atoms with E-state index in [0.717, 1.165) is 17.1 Å². The lowest BCUT2D eigenvalue weighted by molar-refractivity contribution is -0.106. The van der Waals surface area contributed by atoms with Crippen LogP contribution in [-0.4, -0.2) is 33.5 Å². The summed E-state index contributed by atoms with van der Waals surface area (Å²) in [5, 5.41) is 3.07. The fraction of sp³-hybridized carbons (Fsp3) is 0.143. The fourth-order valence-corrected chi connectivity index (χ4v) is 3.62. The van der Waals surface area contributed by atoms with E-state index in [1.54, 1.807) is 27.1 Å². The number of anilines is 3. The molecule has 0 aliphatic heterocycles. The van der Waals surface area contributed by atoms with Gasteiger partial charge in [-0.1, -0.05) is 24.8 Å². The molecule has 36 heavy (non-hydrogen) atoms. The number of benzene rings is 3. The highest BCUT2D eigenvalue weighted by Gasteiger charge is 2.24. The molecule has 0 aromatic heterocycles. The van der Waals surface area contributed by atoms with Crippen LogP contribution in [0.15, 0.2) is 102 Å². The molecule has 3 aromatic carbocycles. The third kappa shape index (κ3) is 6.04. The van der Waals surface area contributed by atoms with Crippen LogP contribution in [0.3, 0.4) is 0 Å². The van der Waals surface area contributed by atoms with E-state index < -0.39 is 0 Å². The second-order valence-electron chi connectivity index (χ2n) is 7.78. The number of rotatable bonds is 10. The predicted molar refractivity (Wildman–Crippen MR) is 147 cm³/mol. The van der Waals surface area contributed by atoms with Gasteiger partial charge in [-0.3, -0.25) is 9.69 Å². The third-order valence-electron chi connectivity index (χ3n) is 5.36. The maximum absolute atomic E-state index is 12.4. The minimum Gasteiger partial charge on any atom is -0.497 e. The number of aliphatic imine (C=N–C) groups is 1. The second-order valence-corrected chi connectivity index (χ2v) is 7.78. The molecule has 0 bridgehead atoms. The van der Waals surface area contributed by atoms with Crippen LogP contribution in [0, 0.1) is 0 Å². The highest BCUT2D eigenvalue weighted by Crippen LogP contribution is 2.30. The molecule has 0 atom stereocenters. The number of carbonyl (C=O) groups excluding carboxylic acids is 1. The standard InChI is InChI=1S/C28H31N5O3/c1-6-31-28(33(19-34)23-16-21(30-3)17-26(18-23)35-5)27(20(2)29)32(4)22-12-14-25(15-13-22)36-24-10-8-7-9-11-24/h6-19,30H,1,29H2,2-5H3/b27-20-,31-28?. The number of hydrogen-bond acceptors (Lipinski definition) is 7. The van der Waals surface area contributed by atoms with Crippen LogP contribution < -0.4 is 30.3 Å². The first-order valence-corrected chi connectivity index (χ1v) is 11.2. The molecule has 0 fully saturated rings. The molecule has 3 rings (SSSR count). The van der Waals surface area contributed by atoms with Gasteiger partial charge in [0.1, 0.15) is 22.9 Å². The smallest absolute Gasteiger partial charge is 0.219 e. The van der Waals surface area contributed by atoms with Crippen molar-refractivity contribution in [3.63, 3.8) is 0 Å². The van der Waals surface area contributed by atoms with Crippen molar-refractivity contribution >= 4 is 29.3 Å². The second kappa shape index (κ2) is 12.1. The van der Waals surface area contributed by atoms with E-state index in [9.17, 15) is 4.79 Å². The molecule has 0 saturated carbocycles. The van der Waals surface area contributed by atoms with E-state index in [1.165, 1.54) is 11.1 Å². The minimum atomic E-state index is 0.308. The predicted octanol–water partition coefficient (Wildman–Crippen LogP) is 5.36. The van der Waals surface area contributed by atoms with Gasteiger partial charge in [-0.25, -0.2) is 4.99 Å². The topological polar surface area (TPSA) is 92.4 Å². The van der Waals surface area contributed by atoms with Gasteiger partial charge in [-0.05, 0) is 49.4 Å². The average Bonchev–Trinajstić information content (AvgIpc) is 2.89. The molecule has 0 unspecified atom stereocenters. The van der Waals surface area contributed by atoms with Crippen molar-refractivity contribution in [1.29, 1.82) is 0 Å². The maximum atomic E-state index is 12.4. The van der Waals surface area contributed by atoms with Crippen molar-refractivity contribution in [3.05, 3.63) is 97.0 Å². The normalized spacial score (nSPS) is 11.7. The largest absolute Gasteiger partial charge is 0.497 e. The molecule has 0 heterocycles. The van der Waals surface area contributed by atoms with Crippen LogP contribution in [0.5, 0.6) is 17.2 Å². The van der Waals surface area contributed by atoms with Crippen LogP contribution in [0.2, 0.25) is 0 Å². The zero-order valence-corrected chi connectivity index (χ0v) is 20.9. The Balaban J connectivity index is 1.98. The van der Waals surface area contributed by atoms with Gasteiger partial charge >= 0.3 is 0 Å². The summed E-state index contributed by atoms with van der Waals surface area (Å²) < 4.78 is 11.3. The minimum absolute atomic E-state index is 0.308.